The molecule has 0 atom stereocenters. The summed E-state index contributed by atoms with van der Waals surface area (Å²) >= 11 is 0. The predicted molar refractivity (Wildman–Crippen MR) is 83.6 cm³/mol. The third kappa shape index (κ3) is 1360. The van der Waals surface area contributed by atoms with Gasteiger partial charge in [-0.05, 0) is 0 Å². The number of hydrogen-bond acceptors (Lipinski definition) is 0. The SMILES string of the molecule is O.O.O.O.O.O.O.O.O.O.O.O.[Al].[Al].[Mg].[Si].[Si].[Si].[Si]. The molecule has 0 aliphatic rings. The molecule has 0 spiro atoms. The Morgan fingerprint density at radius 3 is 0.211 bits per heavy atom. The molecule has 0 aliphatic carbocycles. The molecule has 120 valence electrons. The summed E-state index contributed by atoms with van der Waals surface area (Å²) in [6, 6.07) is 0. The topological polar surface area (TPSA) is 378 Å². The monoisotopic (exact) mass is 406 g/mol. The average Bonchev–Trinajstić information content (AvgIpc) is 0. The fourth-order valence-electron chi connectivity index (χ4n) is 0. The van der Waals surface area contributed by atoms with E-state index in [0.29, 0.717) is 0 Å². The molecule has 0 saturated carbocycles. The molecule has 0 rings (SSSR count). The van der Waals surface area contributed by atoms with Crippen molar-refractivity contribution in [2.45, 2.75) is 0 Å². The second kappa shape index (κ2) is 1520. The van der Waals surface area contributed by atoms with Crippen LogP contribution >= 0.6 is 0 Å². The van der Waals surface area contributed by atoms with Crippen molar-refractivity contribution < 1.29 is 65.7 Å². The summed E-state index contributed by atoms with van der Waals surface area (Å²) in [6.45, 7) is 0. The maximum absolute atomic E-state index is 0. The Kier molecular flexibility index (Phi) is 141000. The maximum atomic E-state index is 0. The molecule has 12 nitrogen and oxygen atoms in total. The van der Waals surface area contributed by atoms with E-state index in [2.05, 4.69) is 0 Å². The zero-order chi connectivity index (χ0) is 0. The van der Waals surface area contributed by atoms with Crippen LogP contribution in [0.15, 0.2) is 0 Å². The zero-order valence-electron chi connectivity index (χ0n) is 9.86. The Labute approximate surface area is 166 Å². The highest BCUT2D eigenvalue weighted by molar-refractivity contribution is 5.76. The first-order valence-electron chi connectivity index (χ1n) is 0. The van der Waals surface area contributed by atoms with E-state index >= 15 is 0 Å². The summed E-state index contributed by atoms with van der Waals surface area (Å²) < 4.78 is 0. The minimum Gasteiger partial charge on any atom is -0.412 e. The largest absolute Gasteiger partial charge is 0.412 e. The first-order chi connectivity index (χ1) is 0. The van der Waals surface area contributed by atoms with Gasteiger partial charge in [0.1, 0.15) is 0 Å². The average molecular weight is 407 g/mol. The van der Waals surface area contributed by atoms with Gasteiger partial charge < -0.3 is 65.7 Å². The third-order valence-electron chi connectivity index (χ3n) is 0. The Morgan fingerprint density at radius 2 is 0.211 bits per heavy atom. The summed E-state index contributed by atoms with van der Waals surface area (Å²) in [6.07, 6.45) is 0. The highest BCUT2D eigenvalue weighted by atomic mass is 28.1. The van der Waals surface area contributed by atoms with Crippen molar-refractivity contribution in [3.8, 4) is 0 Å². The van der Waals surface area contributed by atoms with Crippen molar-refractivity contribution in [3.05, 3.63) is 0 Å². The normalized spacial score (nSPS) is 0. The third-order valence-corrected chi connectivity index (χ3v) is 0. The van der Waals surface area contributed by atoms with E-state index in [9.17, 15) is 0 Å². The molecule has 0 bridgehead atoms. The molecule has 0 amide bonds. The van der Waals surface area contributed by atoms with E-state index in [1.165, 1.54) is 0 Å². The van der Waals surface area contributed by atoms with Gasteiger partial charge in [0, 0.05) is 102 Å². The van der Waals surface area contributed by atoms with Crippen LogP contribution in [0.3, 0.4) is 0 Å². The Bertz CT molecular complexity index is 27.7. The molecule has 0 saturated heterocycles. The summed E-state index contributed by atoms with van der Waals surface area (Å²) in [5.41, 5.74) is 0. The van der Waals surface area contributed by atoms with Crippen LogP contribution < -0.4 is 0 Å². The van der Waals surface area contributed by atoms with Gasteiger partial charge in [-0.1, -0.05) is 0 Å². The predicted octanol–water partition coefficient (Wildman–Crippen LogP) is -12.6. The molecule has 0 fully saturated rings. The number of hydrogen-bond donors (Lipinski definition) is 0. The van der Waals surface area contributed by atoms with Crippen molar-refractivity contribution in [1.82, 2.24) is 0 Å². The summed E-state index contributed by atoms with van der Waals surface area (Å²) in [7, 11) is 0. The second-order valence-corrected chi connectivity index (χ2v) is 0. The molecule has 24 radical (unpaired) electrons. The van der Waals surface area contributed by atoms with Crippen LogP contribution in [0, 0.1) is 0 Å². The van der Waals surface area contributed by atoms with Crippen LogP contribution in [-0.4, -0.2) is 167 Å². The molecular formula is H24Al2MgO12Si4. The van der Waals surface area contributed by atoms with Gasteiger partial charge in [-0.25, -0.2) is 0 Å². The van der Waals surface area contributed by atoms with Gasteiger partial charge in [-0.2, -0.15) is 0 Å². The molecule has 19 heavy (non-hydrogen) atoms. The summed E-state index contributed by atoms with van der Waals surface area (Å²) in [5.74, 6) is 0. The molecule has 0 aromatic heterocycles. The highest BCUT2D eigenvalue weighted by Crippen LogP contribution is -0.277. The Balaban J connectivity index is 0. The molecule has 0 aromatic carbocycles. The lowest BCUT2D eigenvalue weighted by Gasteiger charge is -0.413. The zero-order valence-corrected chi connectivity index (χ0v) is 17.6. The fourth-order valence-corrected chi connectivity index (χ4v) is 0. The lowest BCUT2D eigenvalue weighted by Crippen LogP contribution is -0.382. The standard InChI is InChI=1S/2Al.Mg.12H2O.4Si/h;;;12*1H2;;;;. The van der Waals surface area contributed by atoms with E-state index < -0.39 is 0 Å². The van der Waals surface area contributed by atoms with Crippen molar-refractivity contribution in [3.63, 3.8) is 0 Å². The van der Waals surface area contributed by atoms with Gasteiger partial charge in [0.2, 0.25) is 0 Å². The van der Waals surface area contributed by atoms with Crippen molar-refractivity contribution >= 4 is 102 Å². The van der Waals surface area contributed by atoms with E-state index in [4.69, 9.17) is 0 Å². The lowest BCUT2D eigenvalue weighted by molar-refractivity contribution is 0.823. The highest BCUT2D eigenvalue weighted by Gasteiger charge is 0.00621. The van der Waals surface area contributed by atoms with E-state index in [1.54, 1.807) is 0 Å². The number of rotatable bonds is 0. The van der Waals surface area contributed by atoms with Crippen LogP contribution in [0.2, 0.25) is 0 Å². The van der Waals surface area contributed by atoms with Crippen LogP contribution in [0.25, 0.3) is 0 Å². The summed E-state index contributed by atoms with van der Waals surface area (Å²) in [5, 5.41) is 0. The summed E-state index contributed by atoms with van der Waals surface area (Å²) in [4.78, 5) is 0. The van der Waals surface area contributed by atoms with Gasteiger partial charge in [0.25, 0.3) is 0 Å². The van der Waals surface area contributed by atoms with Gasteiger partial charge in [0.05, 0.1) is 0 Å². The molecule has 0 aromatic rings. The Morgan fingerprint density at radius 1 is 0.211 bits per heavy atom. The van der Waals surface area contributed by atoms with Crippen LogP contribution in [0.1, 0.15) is 0 Å². The van der Waals surface area contributed by atoms with Crippen LogP contribution in [-0.2, 0) is 0 Å². The van der Waals surface area contributed by atoms with Gasteiger partial charge in [-0.15, -0.1) is 0 Å². The molecular weight excluding hydrogens is 383 g/mol. The molecule has 0 heterocycles. The van der Waals surface area contributed by atoms with Crippen molar-refractivity contribution in [2.75, 3.05) is 0 Å². The van der Waals surface area contributed by atoms with Crippen molar-refractivity contribution in [2.24, 2.45) is 0 Å². The van der Waals surface area contributed by atoms with Crippen molar-refractivity contribution in [1.29, 1.82) is 0 Å². The first kappa shape index (κ1) is 1760. The van der Waals surface area contributed by atoms with Crippen LogP contribution in [0.5, 0.6) is 0 Å². The van der Waals surface area contributed by atoms with E-state index in [1.807, 2.05) is 0 Å². The van der Waals surface area contributed by atoms with Crippen LogP contribution in [0.4, 0.5) is 0 Å². The molecule has 0 aliphatic heterocycles. The smallest absolute Gasteiger partial charge is 0 e. The minimum absolute atomic E-state index is 0. The van der Waals surface area contributed by atoms with Gasteiger partial charge in [0.15, 0.2) is 0 Å². The van der Waals surface area contributed by atoms with E-state index in [0.717, 1.165) is 0 Å². The van der Waals surface area contributed by atoms with Gasteiger partial charge >= 0.3 is 0 Å². The van der Waals surface area contributed by atoms with E-state index in [-0.39, 0.29) is 167 Å². The minimum atomic E-state index is 0. The fraction of sp³-hybridized carbons (Fsp3) is 0. The molecule has 24 N–H and O–H groups in total. The maximum Gasteiger partial charge on any atom is 0 e. The lowest BCUT2D eigenvalue weighted by atomic mass is 16.0. The second-order valence-electron chi connectivity index (χ2n) is 0. The molecule has 0 unspecified atom stereocenters. The molecule has 19 heteroatoms. The first-order valence-corrected chi connectivity index (χ1v) is 0. The Hall–Kier alpha value is 2.22. The quantitative estimate of drug-likeness (QED) is 0.338. The van der Waals surface area contributed by atoms with Gasteiger partial charge in [-0.3, -0.25) is 0 Å².